The molecule has 0 heterocycles. The third-order valence-corrected chi connectivity index (χ3v) is 12.7. The first-order chi connectivity index (χ1) is 30.2. The van der Waals surface area contributed by atoms with Crippen LogP contribution in [0, 0.1) is 11.8 Å². The molecule has 0 aromatic heterocycles. The minimum absolute atomic E-state index is 0.0633. The molecule has 0 bridgehead atoms. The largest absolute Gasteiger partial charge is 0.462 e. The lowest BCUT2D eigenvalue weighted by Crippen LogP contribution is -2.30. The van der Waals surface area contributed by atoms with Crippen molar-refractivity contribution in [3.05, 3.63) is 0 Å². The summed E-state index contributed by atoms with van der Waals surface area (Å²) in [5.41, 5.74) is 0. The van der Waals surface area contributed by atoms with Gasteiger partial charge in [0.1, 0.15) is 13.2 Å². The Labute approximate surface area is 387 Å². The van der Waals surface area contributed by atoms with E-state index in [2.05, 4.69) is 34.6 Å². The molecule has 0 aliphatic carbocycles. The quantitative estimate of drug-likeness (QED) is 0.0344. The average Bonchev–Trinajstić information content (AvgIpc) is 3.24. The Morgan fingerprint density at radius 2 is 0.532 bits per heavy atom. The predicted octanol–water partition coefficient (Wildman–Crippen LogP) is 18.1. The minimum Gasteiger partial charge on any atom is -0.462 e. The van der Waals surface area contributed by atoms with Crippen LogP contribution in [0.1, 0.15) is 311 Å². The molecule has 0 spiro atoms. The van der Waals surface area contributed by atoms with E-state index in [0.29, 0.717) is 19.3 Å². The summed E-state index contributed by atoms with van der Waals surface area (Å²) < 4.78 is 16.9. The summed E-state index contributed by atoms with van der Waals surface area (Å²) in [6.45, 7) is 11.4. The van der Waals surface area contributed by atoms with Crippen LogP contribution in [-0.2, 0) is 28.6 Å². The number of unbranched alkanes of at least 4 members (excludes halogenated alkanes) is 35. The zero-order valence-electron chi connectivity index (χ0n) is 42.5. The first-order valence-corrected chi connectivity index (χ1v) is 27.7. The fourth-order valence-electron chi connectivity index (χ4n) is 8.52. The summed E-state index contributed by atoms with van der Waals surface area (Å²) in [7, 11) is 0. The highest BCUT2D eigenvalue weighted by atomic mass is 16.6. The van der Waals surface area contributed by atoms with Crippen molar-refractivity contribution in [1.82, 2.24) is 0 Å². The van der Waals surface area contributed by atoms with Gasteiger partial charge in [-0.3, -0.25) is 14.4 Å². The van der Waals surface area contributed by atoms with Gasteiger partial charge in [-0.1, -0.05) is 272 Å². The molecule has 6 nitrogen and oxygen atoms in total. The topological polar surface area (TPSA) is 78.9 Å². The number of carbonyl (C=O) groups is 3. The van der Waals surface area contributed by atoms with E-state index in [-0.39, 0.29) is 31.1 Å². The number of carbonyl (C=O) groups excluding carboxylic acids is 3. The second-order valence-electron chi connectivity index (χ2n) is 20.2. The van der Waals surface area contributed by atoms with Gasteiger partial charge >= 0.3 is 17.9 Å². The van der Waals surface area contributed by atoms with Crippen LogP contribution in [-0.4, -0.2) is 37.2 Å². The van der Waals surface area contributed by atoms with Gasteiger partial charge in [-0.15, -0.1) is 0 Å². The molecule has 0 fully saturated rings. The zero-order valence-corrected chi connectivity index (χ0v) is 42.5. The third kappa shape index (κ3) is 49.4. The second kappa shape index (κ2) is 48.9. The van der Waals surface area contributed by atoms with Crippen molar-refractivity contribution < 1.29 is 28.6 Å². The van der Waals surface area contributed by atoms with Crippen LogP contribution >= 0.6 is 0 Å². The summed E-state index contributed by atoms with van der Waals surface area (Å²) >= 11 is 0. The molecular formula is C56H108O6. The SMILES string of the molecule is CCCCCCCCCCCCCCCCCCC(=O)O[C@@H](COC(=O)CCCCCCCCCCCCCCCC(C)C)COC(=O)CCCCCCCCCCCC(C)C. The van der Waals surface area contributed by atoms with E-state index in [0.717, 1.165) is 69.6 Å². The fraction of sp³-hybridized carbons (Fsp3) is 0.946. The molecule has 1 atom stereocenters. The minimum atomic E-state index is -0.762. The normalized spacial score (nSPS) is 12.0. The Balaban J connectivity index is 4.30. The van der Waals surface area contributed by atoms with E-state index in [1.807, 2.05) is 0 Å². The highest BCUT2D eigenvalue weighted by molar-refractivity contribution is 5.71. The number of hydrogen-bond acceptors (Lipinski definition) is 6. The van der Waals surface area contributed by atoms with Crippen molar-refractivity contribution in [2.75, 3.05) is 13.2 Å². The molecule has 368 valence electrons. The maximum Gasteiger partial charge on any atom is 0.306 e. The van der Waals surface area contributed by atoms with Crippen molar-refractivity contribution in [3.63, 3.8) is 0 Å². The maximum atomic E-state index is 12.8. The first-order valence-electron chi connectivity index (χ1n) is 27.7. The van der Waals surface area contributed by atoms with Crippen molar-refractivity contribution >= 4 is 17.9 Å². The molecule has 0 N–H and O–H groups in total. The molecule has 0 saturated carbocycles. The van der Waals surface area contributed by atoms with Crippen molar-refractivity contribution in [1.29, 1.82) is 0 Å². The van der Waals surface area contributed by atoms with Gasteiger partial charge in [-0.25, -0.2) is 0 Å². The van der Waals surface area contributed by atoms with Crippen LogP contribution < -0.4 is 0 Å². The lowest BCUT2D eigenvalue weighted by molar-refractivity contribution is -0.167. The lowest BCUT2D eigenvalue weighted by Gasteiger charge is -2.18. The predicted molar refractivity (Wildman–Crippen MR) is 266 cm³/mol. The number of ether oxygens (including phenoxy) is 3. The van der Waals surface area contributed by atoms with Gasteiger partial charge in [0, 0.05) is 19.3 Å². The number of hydrogen-bond donors (Lipinski definition) is 0. The van der Waals surface area contributed by atoms with Gasteiger partial charge in [0.05, 0.1) is 0 Å². The second-order valence-corrected chi connectivity index (χ2v) is 20.2. The summed E-state index contributed by atoms with van der Waals surface area (Å²) in [4.78, 5) is 38.0. The average molecular weight is 877 g/mol. The van der Waals surface area contributed by atoms with E-state index in [1.165, 1.54) is 199 Å². The molecule has 0 aromatic carbocycles. The monoisotopic (exact) mass is 877 g/mol. The Morgan fingerprint density at radius 3 is 0.790 bits per heavy atom. The number of rotatable bonds is 50. The molecule has 62 heavy (non-hydrogen) atoms. The summed E-state index contributed by atoms with van der Waals surface area (Å²) in [5, 5.41) is 0. The van der Waals surface area contributed by atoms with Crippen molar-refractivity contribution in [2.24, 2.45) is 11.8 Å². The van der Waals surface area contributed by atoms with E-state index < -0.39 is 6.10 Å². The van der Waals surface area contributed by atoms with E-state index in [1.54, 1.807) is 0 Å². The Hall–Kier alpha value is -1.59. The summed E-state index contributed by atoms with van der Waals surface area (Å²) in [6.07, 6.45) is 50.9. The molecular weight excluding hydrogens is 769 g/mol. The van der Waals surface area contributed by atoms with Crippen LogP contribution in [0.15, 0.2) is 0 Å². The maximum absolute atomic E-state index is 12.8. The van der Waals surface area contributed by atoms with E-state index in [9.17, 15) is 14.4 Å². The van der Waals surface area contributed by atoms with Gasteiger partial charge in [0.15, 0.2) is 6.10 Å². The molecule has 0 aromatic rings. The molecule has 0 aliphatic rings. The molecule has 0 unspecified atom stereocenters. The molecule has 0 radical (unpaired) electrons. The van der Waals surface area contributed by atoms with Crippen LogP contribution in [0.4, 0.5) is 0 Å². The van der Waals surface area contributed by atoms with Crippen LogP contribution in [0.2, 0.25) is 0 Å². The van der Waals surface area contributed by atoms with Crippen LogP contribution in [0.3, 0.4) is 0 Å². The molecule has 0 rings (SSSR count). The zero-order chi connectivity index (χ0) is 45.4. The molecule has 0 aliphatic heterocycles. The Kier molecular flexibility index (Phi) is 47.6. The Bertz CT molecular complexity index is 947. The lowest BCUT2D eigenvalue weighted by atomic mass is 10.0. The van der Waals surface area contributed by atoms with Gasteiger partial charge in [-0.2, -0.15) is 0 Å². The molecule has 0 amide bonds. The van der Waals surface area contributed by atoms with Gasteiger partial charge in [0.25, 0.3) is 0 Å². The van der Waals surface area contributed by atoms with Crippen LogP contribution in [0.5, 0.6) is 0 Å². The fourth-order valence-corrected chi connectivity index (χ4v) is 8.52. The van der Waals surface area contributed by atoms with Gasteiger partial charge in [0.2, 0.25) is 0 Å². The molecule has 6 heteroatoms. The van der Waals surface area contributed by atoms with E-state index in [4.69, 9.17) is 14.2 Å². The van der Waals surface area contributed by atoms with Crippen molar-refractivity contribution in [2.45, 2.75) is 317 Å². The van der Waals surface area contributed by atoms with E-state index >= 15 is 0 Å². The standard InChI is InChI=1S/C56H108O6/c1-6-7-8-9-10-11-12-13-14-15-18-22-27-33-38-43-48-56(59)62-53(50-61-55(58)47-42-37-32-28-23-25-30-35-40-45-52(4)5)49-60-54(57)46-41-36-31-26-21-19-16-17-20-24-29-34-39-44-51(2)3/h51-53H,6-50H2,1-5H3/t53-/m0/s1. The first kappa shape index (κ1) is 60.4. The van der Waals surface area contributed by atoms with Crippen molar-refractivity contribution in [3.8, 4) is 0 Å². The third-order valence-electron chi connectivity index (χ3n) is 12.7. The summed E-state index contributed by atoms with van der Waals surface area (Å²) in [6, 6.07) is 0. The Morgan fingerprint density at radius 1 is 0.306 bits per heavy atom. The van der Waals surface area contributed by atoms with Crippen LogP contribution in [0.25, 0.3) is 0 Å². The highest BCUT2D eigenvalue weighted by Crippen LogP contribution is 2.18. The highest BCUT2D eigenvalue weighted by Gasteiger charge is 2.19. The van der Waals surface area contributed by atoms with Gasteiger partial charge in [-0.05, 0) is 31.1 Å². The smallest absolute Gasteiger partial charge is 0.306 e. The van der Waals surface area contributed by atoms with Gasteiger partial charge < -0.3 is 14.2 Å². The number of esters is 3. The molecule has 0 saturated heterocycles. The summed E-state index contributed by atoms with van der Waals surface area (Å²) in [5.74, 6) is 0.805.